The van der Waals surface area contributed by atoms with Gasteiger partial charge in [-0.3, -0.25) is 4.79 Å². The van der Waals surface area contributed by atoms with Gasteiger partial charge < -0.3 is 20.5 Å². The Morgan fingerprint density at radius 2 is 2.13 bits per heavy atom. The molecule has 15 heavy (non-hydrogen) atoms. The van der Waals surface area contributed by atoms with Gasteiger partial charge in [0.25, 0.3) is 0 Å². The van der Waals surface area contributed by atoms with Gasteiger partial charge in [0.15, 0.2) is 0 Å². The molecule has 1 amide bonds. The molecule has 0 aliphatic heterocycles. The third-order valence-electron chi connectivity index (χ3n) is 2.15. The molecule has 0 aliphatic rings. The second-order valence-electron chi connectivity index (χ2n) is 3.76. The number of rotatable bonds is 8. The Morgan fingerprint density at radius 3 is 2.60 bits per heavy atom. The zero-order valence-electron chi connectivity index (χ0n) is 9.75. The third-order valence-corrected chi connectivity index (χ3v) is 2.15. The maximum Gasteiger partial charge on any atom is 0.234 e. The van der Waals surface area contributed by atoms with Crippen LogP contribution in [0.15, 0.2) is 0 Å². The van der Waals surface area contributed by atoms with Crippen molar-refractivity contribution in [1.29, 1.82) is 0 Å². The van der Waals surface area contributed by atoms with Crippen LogP contribution in [0.2, 0.25) is 0 Å². The molecule has 0 aliphatic carbocycles. The average molecular weight is 218 g/mol. The van der Waals surface area contributed by atoms with Crippen LogP contribution in [0.1, 0.15) is 13.8 Å². The van der Waals surface area contributed by atoms with Crippen molar-refractivity contribution in [3.05, 3.63) is 0 Å². The molecule has 5 nitrogen and oxygen atoms in total. The molecule has 0 spiro atoms. The third kappa shape index (κ3) is 7.30. The number of hydrogen-bond acceptors (Lipinski definition) is 4. The standard InChI is InChI=1S/C10H22N2O3/c1-8(2)9(7-13)12-6-10(14)11-4-5-15-3/h8-9,12-13H,4-7H2,1-3H3,(H,11,14)/t9-/m1/s1. The number of methoxy groups -OCH3 is 1. The van der Waals surface area contributed by atoms with Crippen LogP contribution in [0.25, 0.3) is 0 Å². The molecule has 0 aromatic heterocycles. The van der Waals surface area contributed by atoms with Crippen LogP contribution in [0.4, 0.5) is 0 Å². The van der Waals surface area contributed by atoms with Crippen molar-refractivity contribution in [2.24, 2.45) is 5.92 Å². The first kappa shape index (κ1) is 14.3. The van der Waals surface area contributed by atoms with E-state index in [1.165, 1.54) is 0 Å². The molecule has 0 fully saturated rings. The number of nitrogens with one attached hydrogen (secondary N) is 2. The van der Waals surface area contributed by atoms with Gasteiger partial charge in [-0.2, -0.15) is 0 Å². The van der Waals surface area contributed by atoms with E-state index in [1.54, 1.807) is 7.11 Å². The summed E-state index contributed by atoms with van der Waals surface area (Å²) in [6.45, 7) is 5.30. The summed E-state index contributed by atoms with van der Waals surface area (Å²) < 4.78 is 4.80. The van der Waals surface area contributed by atoms with E-state index in [4.69, 9.17) is 9.84 Å². The van der Waals surface area contributed by atoms with Crippen LogP contribution < -0.4 is 10.6 Å². The second kappa shape index (κ2) is 8.64. The van der Waals surface area contributed by atoms with E-state index in [9.17, 15) is 4.79 Å². The molecule has 0 radical (unpaired) electrons. The molecule has 0 rings (SSSR count). The molecule has 0 saturated carbocycles. The first-order valence-corrected chi connectivity index (χ1v) is 5.21. The Labute approximate surface area is 91.2 Å². The molecule has 0 bridgehead atoms. The van der Waals surface area contributed by atoms with E-state index in [2.05, 4.69) is 10.6 Å². The van der Waals surface area contributed by atoms with Crippen molar-refractivity contribution in [2.75, 3.05) is 33.4 Å². The lowest BCUT2D eigenvalue weighted by Gasteiger charge is -2.19. The Bertz CT molecular complexity index is 174. The topological polar surface area (TPSA) is 70.6 Å². The van der Waals surface area contributed by atoms with E-state index in [0.717, 1.165) is 0 Å². The van der Waals surface area contributed by atoms with Crippen LogP contribution >= 0.6 is 0 Å². The minimum Gasteiger partial charge on any atom is -0.395 e. The van der Waals surface area contributed by atoms with E-state index < -0.39 is 0 Å². The molecule has 0 aromatic carbocycles. The summed E-state index contributed by atoms with van der Waals surface area (Å²) in [6, 6.07) is -0.0295. The second-order valence-corrected chi connectivity index (χ2v) is 3.76. The monoisotopic (exact) mass is 218 g/mol. The number of aliphatic hydroxyl groups excluding tert-OH is 1. The number of ether oxygens (including phenoxy) is 1. The largest absolute Gasteiger partial charge is 0.395 e. The lowest BCUT2D eigenvalue weighted by molar-refractivity contribution is -0.120. The molecule has 0 aromatic rings. The van der Waals surface area contributed by atoms with Gasteiger partial charge in [-0.05, 0) is 5.92 Å². The SMILES string of the molecule is COCCNC(=O)CN[C@H](CO)C(C)C. The summed E-state index contributed by atoms with van der Waals surface area (Å²) in [5.41, 5.74) is 0. The number of carbonyl (C=O) groups is 1. The Morgan fingerprint density at radius 1 is 1.47 bits per heavy atom. The van der Waals surface area contributed by atoms with Gasteiger partial charge in [0.1, 0.15) is 0 Å². The van der Waals surface area contributed by atoms with E-state index in [1.807, 2.05) is 13.8 Å². The minimum atomic E-state index is -0.0776. The summed E-state index contributed by atoms with van der Waals surface area (Å²) in [4.78, 5) is 11.3. The molecule has 0 unspecified atom stereocenters. The van der Waals surface area contributed by atoms with Crippen molar-refractivity contribution < 1.29 is 14.6 Å². The van der Waals surface area contributed by atoms with Gasteiger partial charge in [-0.25, -0.2) is 0 Å². The fraction of sp³-hybridized carbons (Fsp3) is 0.900. The predicted octanol–water partition coefficient (Wildman–Crippen LogP) is -0.644. The Hall–Kier alpha value is -0.650. The summed E-state index contributed by atoms with van der Waals surface area (Å²) in [5.74, 6) is 0.230. The highest BCUT2D eigenvalue weighted by Gasteiger charge is 2.12. The van der Waals surface area contributed by atoms with Crippen molar-refractivity contribution in [1.82, 2.24) is 10.6 Å². The van der Waals surface area contributed by atoms with Crippen molar-refractivity contribution in [3.8, 4) is 0 Å². The number of hydrogen-bond donors (Lipinski definition) is 3. The van der Waals surface area contributed by atoms with E-state index in [-0.39, 0.29) is 25.1 Å². The van der Waals surface area contributed by atoms with Crippen molar-refractivity contribution in [3.63, 3.8) is 0 Å². The minimum absolute atomic E-state index is 0.0295. The fourth-order valence-corrected chi connectivity index (χ4v) is 1.09. The van der Waals surface area contributed by atoms with Gasteiger partial charge in [-0.1, -0.05) is 13.8 Å². The lowest BCUT2D eigenvalue weighted by atomic mass is 10.1. The summed E-state index contributed by atoms with van der Waals surface area (Å²) >= 11 is 0. The molecular weight excluding hydrogens is 196 g/mol. The maximum absolute atomic E-state index is 11.3. The smallest absolute Gasteiger partial charge is 0.234 e. The molecule has 5 heteroatoms. The van der Waals surface area contributed by atoms with Crippen LogP contribution in [-0.4, -0.2) is 50.5 Å². The van der Waals surface area contributed by atoms with E-state index in [0.29, 0.717) is 19.1 Å². The highest BCUT2D eigenvalue weighted by atomic mass is 16.5. The normalized spacial score (nSPS) is 12.9. The summed E-state index contributed by atoms with van der Waals surface area (Å²) in [6.07, 6.45) is 0. The van der Waals surface area contributed by atoms with Crippen LogP contribution in [0, 0.1) is 5.92 Å². The first-order chi connectivity index (χ1) is 7.11. The predicted molar refractivity (Wildman–Crippen MR) is 58.6 cm³/mol. The molecule has 0 saturated heterocycles. The highest BCUT2D eigenvalue weighted by Crippen LogP contribution is 1.99. The van der Waals surface area contributed by atoms with Crippen molar-refractivity contribution in [2.45, 2.75) is 19.9 Å². The van der Waals surface area contributed by atoms with Crippen LogP contribution in [0.5, 0.6) is 0 Å². The molecule has 3 N–H and O–H groups in total. The van der Waals surface area contributed by atoms with Crippen LogP contribution in [-0.2, 0) is 9.53 Å². The molecule has 0 heterocycles. The summed E-state index contributed by atoms with van der Waals surface area (Å²) in [5, 5.41) is 14.7. The van der Waals surface area contributed by atoms with Crippen LogP contribution in [0.3, 0.4) is 0 Å². The quantitative estimate of drug-likeness (QED) is 0.474. The lowest BCUT2D eigenvalue weighted by Crippen LogP contribution is -2.43. The van der Waals surface area contributed by atoms with Crippen molar-refractivity contribution >= 4 is 5.91 Å². The average Bonchev–Trinajstić information content (AvgIpc) is 2.18. The zero-order valence-corrected chi connectivity index (χ0v) is 9.75. The van der Waals surface area contributed by atoms with Gasteiger partial charge in [-0.15, -0.1) is 0 Å². The highest BCUT2D eigenvalue weighted by molar-refractivity contribution is 5.77. The Balaban J connectivity index is 3.59. The van der Waals surface area contributed by atoms with Gasteiger partial charge in [0.05, 0.1) is 19.8 Å². The van der Waals surface area contributed by atoms with E-state index >= 15 is 0 Å². The fourth-order valence-electron chi connectivity index (χ4n) is 1.09. The summed E-state index contributed by atoms with van der Waals surface area (Å²) in [7, 11) is 1.59. The van der Waals surface area contributed by atoms with Gasteiger partial charge in [0.2, 0.25) is 5.91 Å². The number of carbonyl (C=O) groups excluding carboxylic acids is 1. The van der Waals surface area contributed by atoms with Gasteiger partial charge in [0, 0.05) is 19.7 Å². The molecule has 90 valence electrons. The van der Waals surface area contributed by atoms with Gasteiger partial charge >= 0.3 is 0 Å². The Kier molecular flexibility index (Phi) is 8.27. The maximum atomic E-state index is 11.3. The number of amides is 1. The molecular formula is C10H22N2O3. The zero-order chi connectivity index (χ0) is 11.7. The molecule has 1 atom stereocenters. The first-order valence-electron chi connectivity index (χ1n) is 5.21. The number of aliphatic hydroxyl groups is 1.